The Morgan fingerprint density at radius 3 is 2.12 bits per heavy atom. The number of methoxy groups -OCH3 is 1. The molecule has 11 heteroatoms. The van der Waals surface area contributed by atoms with Crippen LogP contribution in [0.5, 0.6) is 5.75 Å². The number of carbonyl (C=O) groups excluding carboxylic acids is 3. The van der Waals surface area contributed by atoms with Crippen LogP contribution in [-0.2, 0) is 14.3 Å². The fraction of sp³-hybridized carbons (Fsp3) is 0.174. The van der Waals surface area contributed by atoms with Crippen LogP contribution < -0.4 is 26.8 Å². The molecule has 2 aromatic rings. The van der Waals surface area contributed by atoms with Crippen molar-refractivity contribution in [1.82, 2.24) is 10.6 Å². The Labute approximate surface area is 196 Å². The van der Waals surface area contributed by atoms with Gasteiger partial charge in [0.1, 0.15) is 29.7 Å². The van der Waals surface area contributed by atoms with Gasteiger partial charge in [-0.05, 0) is 24.3 Å². The van der Waals surface area contributed by atoms with Gasteiger partial charge in [0.05, 0.1) is 13.7 Å². The molecule has 11 nitrogen and oxygen atoms in total. The third-order valence-corrected chi connectivity index (χ3v) is 4.44. The number of amidine groups is 2. The van der Waals surface area contributed by atoms with Crippen LogP contribution in [0, 0.1) is 10.8 Å². The van der Waals surface area contributed by atoms with Crippen molar-refractivity contribution < 1.29 is 23.9 Å². The smallest absolute Gasteiger partial charge is 0.354 e. The SMILES string of the molecule is COC(=O)/C(=C\c1ccc(C(=N)N)cc1OCCNC(=O)c1ccc(C(=N)N)cc1)NC(C)=O. The summed E-state index contributed by atoms with van der Waals surface area (Å²) in [6, 6.07) is 10.9. The highest BCUT2D eigenvalue weighted by Crippen LogP contribution is 2.23. The molecule has 178 valence electrons. The first-order chi connectivity index (χ1) is 16.1. The molecule has 0 bridgehead atoms. The van der Waals surface area contributed by atoms with Crippen molar-refractivity contribution >= 4 is 35.5 Å². The molecule has 0 radical (unpaired) electrons. The molecule has 2 aromatic carbocycles. The van der Waals surface area contributed by atoms with E-state index in [1.165, 1.54) is 26.2 Å². The molecule has 0 aromatic heterocycles. The van der Waals surface area contributed by atoms with Crippen molar-refractivity contribution in [3.8, 4) is 5.75 Å². The van der Waals surface area contributed by atoms with E-state index < -0.39 is 11.9 Å². The van der Waals surface area contributed by atoms with E-state index >= 15 is 0 Å². The molecule has 8 N–H and O–H groups in total. The van der Waals surface area contributed by atoms with Gasteiger partial charge in [-0.1, -0.05) is 24.3 Å². The second-order valence-electron chi connectivity index (χ2n) is 6.99. The number of benzene rings is 2. The number of hydrogen-bond acceptors (Lipinski definition) is 7. The first kappa shape index (κ1) is 25.6. The molecular formula is C23H26N6O5. The van der Waals surface area contributed by atoms with E-state index in [-0.39, 0.29) is 42.2 Å². The van der Waals surface area contributed by atoms with Crippen LogP contribution in [0.2, 0.25) is 0 Å². The van der Waals surface area contributed by atoms with Gasteiger partial charge < -0.3 is 31.6 Å². The summed E-state index contributed by atoms with van der Waals surface area (Å²) in [6.45, 7) is 1.47. The highest BCUT2D eigenvalue weighted by Gasteiger charge is 2.14. The summed E-state index contributed by atoms with van der Waals surface area (Å²) in [5, 5.41) is 20.1. The molecule has 0 spiro atoms. The second kappa shape index (κ2) is 11.8. The fourth-order valence-corrected chi connectivity index (χ4v) is 2.78. The van der Waals surface area contributed by atoms with Crippen LogP contribution in [0.15, 0.2) is 48.2 Å². The molecule has 34 heavy (non-hydrogen) atoms. The normalized spacial score (nSPS) is 10.7. The van der Waals surface area contributed by atoms with Gasteiger partial charge in [-0.25, -0.2) is 4.79 Å². The average Bonchev–Trinajstić information content (AvgIpc) is 2.81. The van der Waals surface area contributed by atoms with Crippen molar-refractivity contribution in [3.05, 3.63) is 70.4 Å². The van der Waals surface area contributed by atoms with Gasteiger partial charge in [0.25, 0.3) is 5.91 Å². The molecule has 2 amide bonds. The molecule has 0 atom stereocenters. The molecule has 0 aliphatic carbocycles. The van der Waals surface area contributed by atoms with Gasteiger partial charge in [-0.15, -0.1) is 0 Å². The van der Waals surface area contributed by atoms with Crippen molar-refractivity contribution in [3.63, 3.8) is 0 Å². The Morgan fingerprint density at radius 1 is 0.971 bits per heavy atom. The minimum atomic E-state index is -0.750. The predicted molar refractivity (Wildman–Crippen MR) is 127 cm³/mol. The number of nitrogens with one attached hydrogen (secondary N) is 4. The summed E-state index contributed by atoms with van der Waals surface area (Å²) in [7, 11) is 1.19. The minimum absolute atomic E-state index is 0.0627. The van der Waals surface area contributed by atoms with E-state index in [1.807, 2.05) is 0 Å². The Balaban J connectivity index is 2.14. The molecule has 0 unspecified atom stereocenters. The number of hydrogen-bond donors (Lipinski definition) is 6. The average molecular weight is 466 g/mol. The Bertz CT molecular complexity index is 1140. The zero-order valence-corrected chi connectivity index (χ0v) is 18.7. The van der Waals surface area contributed by atoms with Gasteiger partial charge in [0, 0.05) is 29.2 Å². The maximum absolute atomic E-state index is 12.3. The van der Waals surface area contributed by atoms with Crippen LogP contribution in [0.25, 0.3) is 6.08 Å². The molecule has 0 fully saturated rings. The number of ether oxygens (including phenoxy) is 2. The predicted octanol–water partition coefficient (Wildman–Crippen LogP) is 0.714. The van der Waals surface area contributed by atoms with E-state index in [9.17, 15) is 14.4 Å². The van der Waals surface area contributed by atoms with Crippen LogP contribution in [0.4, 0.5) is 0 Å². The zero-order valence-electron chi connectivity index (χ0n) is 18.7. The first-order valence-corrected chi connectivity index (χ1v) is 10.0. The number of carbonyl (C=O) groups is 3. The van der Waals surface area contributed by atoms with Crippen LogP contribution in [0.3, 0.4) is 0 Å². The molecule has 0 heterocycles. The van der Waals surface area contributed by atoms with Gasteiger partial charge >= 0.3 is 5.97 Å². The van der Waals surface area contributed by atoms with Gasteiger partial charge in [-0.3, -0.25) is 20.4 Å². The summed E-state index contributed by atoms with van der Waals surface area (Å²) >= 11 is 0. The van der Waals surface area contributed by atoms with E-state index in [4.69, 9.17) is 31.8 Å². The van der Waals surface area contributed by atoms with E-state index in [1.54, 1.807) is 36.4 Å². The maximum Gasteiger partial charge on any atom is 0.354 e. The van der Waals surface area contributed by atoms with Crippen LogP contribution >= 0.6 is 0 Å². The minimum Gasteiger partial charge on any atom is -0.491 e. The lowest BCUT2D eigenvalue weighted by molar-refractivity contribution is -0.137. The Kier molecular flexibility index (Phi) is 8.89. The molecular weight excluding hydrogens is 440 g/mol. The van der Waals surface area contributed by atoms with Crippen molar-refractivity contribution in [1.29, 1.82) is 10.8 Å². The number of amides is 2. The Morgan fingerprint density at radius 2 is 1.56 bits per heavy atom. The van der Waals surface area contributed by atoms with Crippen LogP contribution in [-0.4, -0.2) is 49.7 Å². The topological polar surface area (TPSA) is 193 Å². The summed E-state index contributed by atoms with van der Waals surface area (Å²) < 4.78 is 10.5. The monoisotopic (exact) mass is 466 g/mol. The maximum atomic E-state index is 12.3. The lowest BCUT2D eigenvalue weighted by atomic mass is 10.1. The fourth-order valence-electron chi connectivity index (χ4n) is 2.78. The van der Waals surface area contributed by atoms with Crippen molar-refractivity contribution in [2.24, 2.45) is 11.5 Å². The number of rotatable bonds is 10. The number of nitrogens with two attached hydrogens (primary N) is 2. The second-order valence-corrected chi connectivity index (χ2v) is 6.99. The first-order valence-electron chi connectivity index (χ1n) is 10.0. The largest absolute Gasteiger partial charge is 0.491 e. The van der Waals surface area contributed by atoms with E-state index in [0.29, 0.717) is 22.3 Å². The standard InChI is InChI=1S/C23H26N6O5/c1-13(30)29-18(23(32)33-2)11-16-7-8-17(21(26)27)12-19(16)34-10-9-28-22(31)15-5-3-14(4-6-15)20(24)25/h3-8,11-12H,9-10H2,1-2H3,(H3,24,25)(H3,26,27)(H,28,31)(H,29,30)/b18-11+. The van der Waals surface area contributed by atoms with Crippen molar-refractivity contribution in [2.75, 3.05) is 20.3 Å². The molecule has 0 saturated heterocycles. The zero-order chi connectivity index (χ0) is 25.3. The third-order valence-electron chi connectivity index (χ3n) is 4.44. The summed E-state index contributed by atoms with van der Waals surface area (Å²) in [4.78, 5) is 35.8. The quantitative estimate of drug-likeness (QED) is 0.0975. The lowest BCUT2D eigenvalue weighted by Crippen LogP contribution is -2.28. The van der Waals surface area contributed by atoms with Gasteiger partial charge in [0.15, 0.2) is 0 Å². The van der Waals surface area contributed by atoms with Gasteiger partial charge in [-0.2, -0.15) is 0 Å². The highest BCUT2D eigenvalue weighted by atomic mass is 16.5. The summed E-state index contributed by atoms with van der Waals surface area (Å²) in [5.41, 5.74) is 12.6. The lowest BCUT2D eigenvalue weighted by Gasteiger charge is -2.13. The van der Waals surface area contributed by atoms with E-state index in [2.05, 4.69) is 10.6 Å². The molecule has 2 rings (SSSR count). The number of nitrogen functional groups attached to an aromatic ring is 2. The molecule has 0 aliphatic heterocycles. The summed E-state index contributed by atoms with van der Waals surface area (Å²) in [5.74, 6) is -1.54. The van der Waals surface area contributed by atoms with E-state index in [0.717, 1.165) is 0 Å². The van der Waals surface area contributed by atoms with Crippen LogP contribution in [0.1, 0.15) is 34.0 Å². The van der Waals surface area contributed by atoms with Gasteiger partial charge in [0.2, 0.25) is 5.91 Å². The Hall–Kier alpha value is -4.67. The van der Waals surface area contributed by atoms with Crippen molar-refractivity contribution in [2.45, 2.75) is 6.92 Å². The third kappa shape index (κ3) is 7.19. The molecule has 0 aliphatic rings. The molecule has 0 saturated carbocycles. The summed E-state index contributed by atoms with van der Waals surface area (Å²) in [6.07, 6.45) is 1.38. The highest BCUT2D eigenvalue weighted by molar-refractivity contribution is 5.99. The number of esters is 1.